The molecule has 0 N–H and O–H groups in total. The molecule has 3 heterocycles. The Kier molecular flexibility index (Phi) is 5.57. The number of hydrogen-bond donors (Lipinski definition) is 0. The molecule has 0 radical (unpaired) electrons. The number of amides is 1. The number of furan rings is 1. The molecule has 2 aromatic rings. The number of carbonyl (C=O) groups excluding carboxylic acids is 1. The van der Waals surface area contributed by atoms with Crippen molar-refractivity contribution < 1.29 is 9.21 Å². The third-order valence-corrected chi connectivity index (χ3v) is 6.64. The van der Waals surface area contributed by atoms with Gasteiger partial charge in [-0.05, 0) is 67.4 Å². The first-order valence-corrected chi connectivity index (χ1v) is 10.9. The van der Waals surface area contributed by atoms with Gasteiger partial charge in [-0.2, -0.15) is 4.99 Å². The molecule has 0 aliphatic carbocycles. The molecule has 134 valence electrons. The molecule has 0 atom stereocenters. The van der Waals surface area contributed by atoms with Crippen molar-refractivity contribution >= 4 is 56.6 Å². The minimum Gasteiger partial charge on any atom is -0.450 e. The van der Waals surface area contributed by atoms with Crippen LogP contribution in [0.15, 0.2) is 65.2 Å². The quantitative estimate of drug-likeness (QED) is 0.567. The second-order valence-corrected chi connectivity index (χ2v) is 9.07. The molecular weight excluding hydrogens is 432 g/mol. The van der Waals surface area contributed by atoms with Crippen LogP contribution < -0.4 is 0 Å². The molecule has 4 rings (SSSR count). The van der Waals surface area contributed by atoms with E-state index in [-0.39, 0.29) is 5.91 Å². The summed E-state index contributed by atoms with van der Waals surface area (Å²) in [5, 5.41) is 1.63. The lowest BCUT2D eigenvalue weighted by Gasteiger charge is -2.27. The molecule has 0 unspecified atom stereocenters. The molecule has 1 aromatic carbocycles. The van der Waals surface area contributed by atoms with E-state index in [4.69, 9.17) is 4.42 Å². The number of piperidine rings is 1. The van der Waals surface area contributed by atoms with Crippen molar-refractivity contribution in [2.24, 2.45) is 4.99 Å². The van der Waals surface area contributed by atoms with Gasteiger partial charge in [0.25, 0.3) is 5.91 Å². The molecule has 4 nitrogen and oxygen atoms in total. The molecule has 1 aromatic heterocycles. The maximum absolute atomic E-state index is 12.2. The molecule has 26 heavy (non-hydrogen) atoms. The van der Waals surface area contributed by atoms with Crippen molar-refractivity contribution in [2.45, 2.75) is 29.3 Å². The fourth-order valence-corrected chi connectivity index (χ4v) is 4.82. The Morgan fingerprint density at radius 3 is 2.65 bits per heavy atom. The number of thioether (sulfide) groups is 1. The van der Waals surface area contributed by atoms with E-state index in [1.165, 1.54) is 31.0 Å². The van der Waals surface area contributed by atoms with Gasteiger partial charge < -0.3 is 9.32 Å². The lowest BCUT2D eigenvalue weighted by Crippen LogP contribution is -2.33. The zero-order valence-corrected chi connectivity index (χ0v) is 17.2. The summed E-state index contributed by atoms with van der Waals surface area (Å²) in [5.41, 5.74) is 0. The van der Waals surface area contributed by atoms with Gasteiger partial charge in [0.2, 0.25) is 0 Å². The lowest BCUT2D eigenvalue weighted by molar-refractivity contribution is -0.113. The van der Waals surface area contributed by atoms with Gasteiger partial charge in [0, 0.05) is 28.5 Å². The predicted molar refractivity (Wildman–Crippen MR) is 110 cm³/mol. The SMILES string of the molecule is O=C1N=C(N2CCCCC2)S/C1=C/c1ccc(Sc2ccc(Br)cc2)o1. The van der Waals surface area contributed by atoms with Crippen LogP contribution >= 0.6 is 39.5 Å². The zero-order valence-electron chi connectivity index (χ0n) is 14.0. The summed E-state index contributed by atoms with van der Waals surface area (Å²) in [7, 11) is 0. The molecule has 2 aliphatic rings. The van der Waals surface area contributed by atoms with Crippen LogP contribution in [0.5, 0.6) is 0 Å². The van der Waals surface area contributed by atoms with Crippen LogP contribution in [0.4, 0.5) is 0 Å². The first kappa shape index (κ1) is 17.9. The Morgan fingerprint density at radius 2 is 1.88 bits per heavy atom. The summed E-state index contributed by atoms with van der Waals surface area (Å²) in [6.07, 6.45) is 5.39. The fraction of sp³-hybridized carbons (Fsp3) is 0.263. The van der Waals surface area contributed by atoms with Crippen LogP contribution in [-0.2, 0) is 4.79 Å². The first-order valence-electron chi connectivity index (χ1n) is 8.48. The largest absolute Gasteiger partial charge is 0.450 e. The Bertz CT molecular complexity index is 868. The van der Waals surface area contributed by atoms with Gasteiger partial charge in [0.1, 0.15) is 5.76 Å². The monoisotopic (exact) mass is 448 g/mol. The smallest absolute Gasteiger partial charge is 0.286 e. The number of nitrogens with zero attached hydrogens (tertiary/aromatic N) is 2. The minimum atomic E-state index is -0.172. The van der Waals surface area contributed by atoms with E-state index >= 15 is 0 Å². The van der Waals surface area contributed by atoms with Crippen molar-refractivity contribution in [1.29, 1.82) is 0 Å². The summed E-state index contributed by atoms with van der Waals surface area (Å²) in [6.45, 7) is 1.97. The molecule has 7 heteroatoms. The van der Waals surface area contributed by atoms with Crippen molar-refractivity contribution in [3.8, 4) is 0 Å². The molecule has 2 aliphatic heterocycles. The molecule has 1 saturated heterocycles. The van der Waals surface area contributed by atoms with Crippen LogP contribution in [0.2, 0.25) is 0 Å². The third kappa shape index (κ3) is 4.27. The number of amidine groups is 1. The van der Waals surface area contributed by atoms with Gasteiger partial charge in [0.15, 0.2) is 10.3 Å². The molecule has 1 fully saturated rings. The fourth-order valence-electron chi connectivity index (χ4n) is 2.83. The van der Waals surface area contributed by atoms with Crippen molar-refractivity contribution in [3.05, 3.63) is 51.5 Å². The van der Waals surface area contributed by atoms with Crippen LogP contribution in [-0.4, -0.2) is 29.1 Å². The van der Waals surface area contributed by atoms with E-state index in [0.717, 1.165) is 32.7 Å². The van der Waals surface area contributed by atoms with Gasteiger partial charge in [-0.25, -0.2) is 0 Å². The van der Waals surface area contributed by atoms with Gasteiger partial charge in [-0.3, -0.25) is 4.79 Å². The van der Waals surface area contributed by atoms with E-state index in [9.17, 15) is 4.79 Å². The van der Waals surface area contributed by atoms with E-state index < -0.39 is 0 Å². The number of rotatable bonds is 3. The molecule has 0 bridgehead atoms. The number of aliphatic imine (C=N–C) groups is 1. The summed E-state index contributed by atoms with van der Waals surface area (Å²) in [5.74, 6) is 0.504. The summed E-state index contributed by atoms with van der Waals surface area (Å²) in [4.78, 5) is 20.4. The number of carbonyl (C=O) groups is 1. The van der Waals surface area contributed by atoms with Gasteiger partial charge in [0.05, 0.1) is 4.91 Å². The molecule has 0 saturated carbocycles. The summed E-state index contributed by atoms with van der Waals surface area (Å²) in [6, 6.07) is 11.9. The summed E-state index contributed by atoms with van der Waals surface area (Å²) >= 11 is 6.44. The number of benzene rings is 1. The van der Waals surface area contributed by atoms with Crippen LogP contribution in [0.1, 0.15) is 25.0 Å². The predicted octanol–water partition coefficient (Wildman–Crippen LogP) is 5.65. The highest BCUT2D eigenvalue weighted by molar-refractivity contribution is 9.10. The average Bonchev–Trinajstić information content (AvgIpc) is 3.25. The first-order chi connectivity index (χ1) is 12.7. The standard InChI is InChI=1S/C19H17BrN2O2S2/c20-13-4-7-15(8-5-13)25-17-9-6-14(24-17)12-16-18(23)21-19(26-16)22-10-2-1-3-11-22/h4-9,12H,1-3,10-11H2/b16-12+. The Morgan fingerprint density at radius 1 is 1.12 bits per heavy atom. The lowest BCUT2D eigenvalue weighted by atomic mass is 10.1. The highest BCUT2D eigenvalue weighted by Crippen LogP contribution is 2.34. The van der Waals surface area contributed by atoms with Crippen LogP contribution in [0.25, 0.3) is 6.08 Å². The van der Waals surface area contributed by atoms with E-state index in [1.54, 1.807) is 17.8 Å². The summed E-state index contributed by atoms with van der Waals surface area (Å²) < 4.78 is 6.90. The normalized spacial score (nSPS) is 19.3. The topological polar surface area (TPSA) is 45.8 Å². The van der Waals surface area contributed by atoms with E-state index in [2.05, 4.69) is 25.8 Å². The number of likely N-dealkylation sites (tertiary alicyclic amines) is 1. The Hall–Kier alpha value is -1.44. The third-order valence-electron chi connectivity index (χ3n) is 4.14. The van der Waals surface area contributed by atoms with Crippen molar-refractivity contribution in [3.63, 3.8) is 0 Å². The Balaban J connectivity index is 1.43. The number of halogens is 1. The van der Waals surface area contributed by atoms with Gasteiger partial charge in [-0.1, -0.05) is 27.7 Å². The molecule has 1 amide bonds. The van der Waals surface area contributed by atoms with Gasteiger partial charge in [-0.15, -0.1) is 0 Å². The number of hydrogen-bond acceptors (Lipinski definition) is 5. The molecule has 0 spiro atoms. The average molecular weight is 449 g/mol. The second kappa shape index (κ2) is 8.06. The van der Waals surface area contributed by atoms with Crippen molar-refractivity contribution in [2.75, 3.05) is 13.1 Å². The zero-order chi connectivity index (χ0) is 17.9. The van der Waals surface area contributed by atoms with Gasteiger partial charge >= 0.3 is 0 Å². The molecular formula is C19H17BrN2O2S2. The van der Waals surface area contributed by atoms with E-state index in [0.29, 0.717) is 10.7 Å². The second-order valence-electron chi connectivity index (χ2n) is 6.07. The minimum absolute atomic E-state index is 0.172. The maximum Gasteiger partial charge on any atom is 0.286 e. The van der Waals surface area contributed by atoms with Crippen LogP contribution in [0, 0.1) is 0 Å². The highest BCUT2D eigenvalue weighted by atomic mass is 79.9. The van der Waals surface area contributed by atoms with E-state index in [1.807, 2.05) is 36.4 Å². The highest BCUT2D eigenvalue weighted by Gasteiger charge is 2.27. The van der Waals surface area contributed by atoms with Crippen LogP contribution in [0.3, 0.4) is 0 Å². The van der Waals surface area contributed by atoms with Crippen molar-refractivity contribution in [1.82, 2.24) is 4.90 Å². The maximum atomic E-state index is 12.2. The Labute approximate surface area is 169 Å².